The molecule has 9 nitrogen and oxygen atoms in total. The number of benzene rings is 1. The third-order valence-electron chi connectivity index (χ3n) is 5.07. The van der Waals surface area contributed by atoms with E-state index in [0.717, 1.165) is 0 Å². The van der Waals surface area contributed by atoms with Crippen LogP contribution in [0.25, 0.3) is 5.69 Å². The first kappa shape index (κ1) is 19.6. The molecule has 1 saturated heterocycles. The van der Waals surface area contributed by atoms with Crippen molar-refractivity contribution < 1.29 is 25.2 Å². The Morgan fingerprint density at radius 1 is 1.26 bits per heavy atom. The molecule has 1 aromatic heterocycles. The third-order valence-corrected chi connectivity index (χ3v) is 5.07. The summed E-state index contributed by atoms with van der Waals surface area (Å²) in [4.78, 5) is 14.5. The van der Waals surface area contributed by atoms with Gasteiger partial charge in [0.15, 0.2) is 0 Å². The average Bonchev–Trinajstić information content (AvgIpc) is 3.00. The lowest BCUT2D eigenvalue weighted by atomic mass is 10.0. The maximum absolute atomic E-state index is 13.0. The standard InChI is InChI=1S/C18H25N3O6/c1-11-14(17(25)21(20(11)3)12-7-5-4-6-8-12)19(2)10-18(26)16(24)15(23)13(9-22)27-18/h4-8,13,15-16,22-24,26H,9-10H2,1-3H3. The molecule has 0 amide bonds. The van der Waals surface area contributed by atoms with Crippen molar-refractivity contribution in [3.8, 4) is 5.69 Å². The highest BCUT2D eigenvalue weighted by atomic mass is 16.7. The van der Waals surface area contributed by atoms with E-state index in [1.807, 2.05) is 30.3 Å². The molecule has 148 valence electrons. The van der Waals surface area contributed by atoms with E-state index in [4.69, 9.17) is 4.74 Å². The van der Waals surface area contributed by atoms with Crippen LogP contribution in [0.4, 0.5) is 5.69 Å². The lowest BCUT2D eigenvalue weighted by Gasteiger charge is -2.31. The van der Waals surface area contributed by atoms with E-state index < -0.39 is 30.7 Å². The lowest BCUT2D eigenvalue weighted by Crippen LogP contribution is -2.51. The molecule has 1 aromatic carbocycles. The molecule has 3 rings (SSSR count). The molecule has 0 bridgehead atoms. The van der Waals surface area contributed by atoms with Crippen LogP contribution < -0.4 is 10.5 Å². The molecule has 1 fully saturated rings. The summed E-state index contributed by atoms with van der Waals surface area (Å²) in [5, 5.41) is 39.9. The van der Waals surface area contributed by atoms with Gasteiger partial charge in [0.25, 0.3) is 5.56 Å². The fraction of sp³-hybridized carbons (Fsp3) is 0.500. The van der Waals surface area contributed by atoms with Crippen molar-refractivity contribution in [3.05, 3.63) is 46.4 Å². The average molecular weight is 379 g/mol. The van der Waals surface area contributed by atoms with Gasteiger partial charge in [-0.05, 0) is 19.1 Å². The van der Waals surface area contributed by atoms with E-state index in [9.17, 15) is 25.2 Å². The highest BCUT2D eigenvalue weighted by Gasteiger charge is 2.53. The Kier molecular flexibility index (Phi) is 5.15. The summed E-state index contributed by atoms with van der Waals surface area (Å²) in [6.45, 7) is 0.958. The van der Waals surface area contributed by atoms with Gasteiger partial charge in [-0.3, -0.25) is 9.48 Å². The summed E-state index contributed by atoms with van der Waals surface area (Å²) in [7, 11) is 3.34. The van der Waals surface area contributed by atoms with Gasteiger partial charge in [-0.25, -0.2) is 4.68 Å². The summed E-state index contributed by atoms with van der Waals surface area (Å²) in [6.07, 6.45) is -4.14. The van der Waals surface area contributed by atoms with Crippen LogP contribution in [0.15, 0.2) is 35.1 Å². The molecule has 1 aliphatic heterocycles. The number of likely N-dealkylation sites (N-methyl/N-ethyl adjacent to an activating group) is 1. The molecule has 4 atom stereocenters. The number of para-hydroxylation sites is 1. The molecule has 0 spiro atoms. The molecule has 4 unspecified atom stereocenters. The topological polar surface area (TPSA) is 120 Å². The first-order chi connectivity index (χ1) is 12.7. The molecule has 27 heavy (non-hydrogen) atoms. The number of hydrogen-bond acceptors (Lipinski definition) is 7. The number of hydrogen-bond donors (Lipinski definition) is 4. The smallest absolute Gasteiger partial charge is 0.295 e. The summed E-state index contributed by atoms with van der Waals surface area (Å²) < 4.78 is 8.47. The van der Waals surface area contributed by atoms with Gasteiger partial charge in [0.1, 0.15) is 24.0 Å². The summed E-state index contributed by atoms with van der Waals surface area (Å²) in [6, 6.07) is 9.13. The Morgan fingerprint density at radius 3 is 2.44 bits per heavy atom. The summed E-state index contributed by atoms with van der Waals surface area (Å²) in [5.41, 5.74) is 1.38. The number of rotatable bonds is 5. The quantitative estimate of drug-likeness (QED) is 0.511. The fourth-order valence-corrected chi connectivity index (χ4v) is 3.56. The van der Waals surface area contributed by atoms with Gasteiger partial charge in [0.2, 0.25) is 5.79 Å². The number of ether oxygens (including phenoxy) is 1. The van der Waals surface area contributed by atoms with Crippen molar-refractivity contribution in [2.75, 3.05) is 25.1 Å². The Bertz CT molecular complexity index is 864. The monoisotopic (exact) mass is 379 g/mol. The van der Waals surface area contributed by atoms with Crippen LogP contribution in [0.3, 0.4) is 0 Å². The molecule has 2 aromatic rings. The molecule has 0 radical (unpaired) electrons. The van der Waals surface area contributed by atoms with E-state index in [1.165, 1.54) is 9.58 Å². The molecular weight excluding hydrogens is 354 g/mol. The van der Waals surface area contributed by atoms with Gasteiger partial charge < -0.3 is 30.1 Å². The second-order valence-corrected chi connectivity index (χ2v) is 6.89. The van der Waals surface area contributed by atoms with Crippen LogP contribution in [0.1, 0.15) is 5.69 Å². The first-order valence-corrected chi connectivity index (χ1v) is 8.63. The Hall–Kier alpha value is -2.17. The minimum atomic E-state index is -2.12. The van der Waals surface area contributed by atoms with Gasteiger partial charge in [0.05, 0.1) is 24.5 Å². The molecule has 4 N–H and O–H groups in total. The minimum absolute atomic E-state index is 0.267. The predicted molar refractivity (Wildman–Crippen MR) is 97.9 cm³/mol. The summed E-state index contributed by atoms with van der Waals surface area (Å²) >= 11 is 0. The van der Waals surface area contributed by atoms with Crippen LogP contribution in [-0.4, -0.2) is 74.1 Å². The summed E-state index contributed by atoms with van der Waals surface area (Å²) in [5.74, 6) is -2.12. The van der Waals surface area contributed by atoms with Gasteiger partial charge in [-0.15, -0.1) is 0 Å². The number of aromatic nitrogens is 2. The van der Waals surface area contributed by atoms with Crippen LogP contribution in [0.5, 0.6) is 0 Å². The predicted octanol–water partition coefficient (Wildman–Crippen LogP) is -1.28. The SMILES string of the molecule is Cc1c(N(C)CC2(O)OC(CO)C(O)C2O)c(=O)n(-c2ccccc2)n1C. The zero-order chi connectivity index (χ0) is 19.9. The second-order valence-electron chi connectivity index (χ2n) is 6.89. The van der Waals surface area contributed by atoms with Gasteiger partial charge >= 0.3 is 0 Å². The number of aliphatic hydroxyl groups excluding tert-OH is 3. The van der Waals surface area contributed by atoms with Crippen LogP contribution in [0.2, 0.25) is 0 Å². The van der Waals surface area contributed by atoms with Crippen LogP contribution in [-0.2, 0) is 11.8 Å². The number of nitrogens with zero attached hydrogens (tertiary/aromatic N) is 3. The number of anilines is 1. The van der Waals surface area contributed by atoms with E-state index in [2.05, 4.69) is 0 Å². The van der Waals surface area contributed by atoms with Gasteiger partial charge in [0, 0.05) is 14.1 Å². The zero-order valence-electron chi connectivity index (χ0n) is 15.5. The Labute approximate surface area is 156 Å². The van der Waals surface area contributed by atoms with E-state index in [-0.39, 0.29) is 12.1 Å². The molecule has 2 heterocycles. The second kappa shape index (κ2) is 7.10. The van der Waals surface area contributed by atoms with Gasteiger partial charge in [-0.1, -0.05) is 18.2 Å². The Balaban J connectivity index is 1.95. The van der Waals surface area contributed by atoms with Crippen molar-refractivity contribution >= 4 is 5.69 Å². The fourth-order valence-electron chi connectivity index (χ4n) is 3.56. The third kappa shape index (κ3) is 3.17. The molecule has 9 heteroatoms. The van der Waals surface area contributed by atoms with Crippen LogP contribution in [0, 0.1) is 6.92 Å². The largest absolute Gasteiger partial charge is 0.394 e. The van der Waals surface area contributed by atoms with E-state index in [1.54, 1.807) is 25.7 Å². The highest BCUT2D eigenvalue weighted by molar-refractivity contribution is 5.51. The highest BCUT2D eigenvalue weighted by Crippen LogP contribution is 2.31. The van der Waals surface area contributed by atoms with Crippen molar-refractivity contribution in [3.63, 3.8) is 0 Å². The maximum Gasteiger partial charge on any atom is 0.295 e. The van der Waals surface area contributed by atoms with E-state index in [0.29, 0.717) is 17.1 Å². The van der Waals surface area contributed by atoms with Crippen molar-refractivity contribution in [2.45, 2.75) is 31.0 Å². The molecule has 1 aliphatic rings. The zero-order valence-corrected chi connectivity index (χ0v) is 15.5. The van der Waals surface area contributed by atoms with Crippen molar-refractivity contribution in [1.82, 2.24) is 9.36 Å². The van der Waals surface area contributed by atoms with Crippen molar-refractivity contribution in [2.24, 2.45) is 7.05 Å². The molecule has 0 aliphatic carbocycles. The molecular formula is C18H25N3O6. The minimum Gasteiger partial charge on any atom is -0.394 e. The van der Waals surface area contributed by atoms with Gasteiger partial charge in [-0.2, -0.15) is 0 Å². The molecule has 0 saturated carbocycles. The normalized spacial score (nSPS) is 27.9. The Morgan fingerprint density at radius 2 is 1.89 bits per heavy atom. The number of aliphatic hydroxyl groups is 4. The first-order valence-electron chi connectivity index (χ1n) is 8.63. The lowest BCUT2D eigenvalue weighted by molar-refractivity contribution is -0.223. The van der Waals surface area contributed by atoms with Crippen molar-refractivity contribution in [1.29, 1.82) is 0 Å². The maximum atomic E-state index is 13.0. The van der Waals surface area contributed by atoms with Crippen LogP contribution >= 0.6 is 0 Å². The van der Waals surface area contributed by atoms with E-state index >= 15 is 0 Å².